The van der Waals surface area contributed by atoms with E-state index in [1.54, 1.807) is 19.1 Å². The Balaban J connectivity index is 1.86. The van der Waals surface area contributed by atoms with E-state index >= 15 is 0 Å². The van der Waals surface area contributed by atoms with E-state index < -0.39 is 45.6 Å². The number of benzene rings is 2. The van der Waals surface area contributed by atoms with Gasteiger partial charge in [-0.3, -0.25) is 0 Å². The highest BCUT2D eigenvalue weighted by molar-refractivity contribution is 7.89. The van der Waals surface area contributed by atoms with E-state index in [2.05, 4.69) is 5.32 Å². The average Bonchev–Trinajstić information content (AvgIpc) is 2.82. The molecule has 0 spiro atoms. The third-order valence-electron chi connectivity index (χ3n) is 6.14. The van der Waals surface area contributed by atoms with Gasteiger partial charge in [-0.1, -0.05) is 30.4 Å². The number of aromatic carboxylic acids is 1. The van der Waals surface area contributed by atoms with Crippen molar-refractivity contribution in [3.05, 3.63) is 112 Å². The van der Waals surface area contributed by atoms with Crippen LogP contribution in [0.5, 0.6) is 0 Å². The van der Waals surface area contributed by atoms with E-state index in [1.165, 1.54) is 0 Å². The summed E-state index contributed by atoms with van der Waals surface area (Å²) in [5.74, 6) is -2.60. The molecule has 6 nitrogen and oxygen atoms in total. The molecule has 2 aromatic rings. The molecule has 0 bridgehead atoms. The van der Waals surface area contributed by atoms with Gasteiger partial charge in [-0.15, -0.1) is 0 Å². The SMILES string of the molecule is CC1=C(N(Cc2ccc(F)c(C(F)(F)F)c2)S(=O)(=O)c2ccc(C(=O)O)cc2)NC2(C)C=CC=CC2=C1. The average molecular weight is 535 g/mol. The number of halogens is 4. The Kier molecular flexibility index (Phi) is 6.53. The summed E-state index contributed by atoms with van der Waals surface area (Å²) >= 11 is 0. The van der Waals surface area contributed by atoms with Crippen molar-refractivity contribution in [3.8, 4) is 0 Å². The van der Waals surface area contributed by atoms with Crippen LogP contribution in [0.15, 0.2) is 94.7 Å². The first-order valence-electron chi connectivity index (χ1n) is 11.0. The summed E-state index contributed by atoms with van der Waals surface area (Å²) in [6.45, 7) is 2.92. The van der Waals surface area contributed by atoms with Crippen LogP contribution in [0.2, 0.25) is 0 Å². The Hall–Kier alpha value is -3.86. The number of allylic oxidation sites excluding steroid dienone is 4. The van der Waals surface area contributed by atoms with Gasteiger partial charge >= 0.3 is 12.1 Å². The maximum atomic E-state index is 13.9. The first-order valence-corrected chi connectivity index (χ1v) is 12.5. The van der Waals surface area contributed by atoms with Crippen LogP contribution in [-0.4, -0.2) is 29.3 Å². The molecule has 194 valence electrons. The molecule has 4 rings (SSSR count). The van der Waals surface area contributed by atoms with Crippen LogP contribution < -0.4 is 5.32 Å². The van der Waals surface area contributed by atoms with Crippen LogP contribution in [0, 0.1) is 5.82 Å². The molecule has 1 heterocycles. The third kappa shape index (κ3) is 5.04. The zero-order valence-corrected chi connectivity index (χ0v) is 20.5. The summed E-state index contributed by atoms with van der Waals surface area (Å²) in [5.41, 5.74) is -1.20. The topological polar surface area (TPSA) is 86.7 Å². The lowest BCUT2D eigenvalue weighted by atomic mass is 9.84. The number of fused-ring (bicyclic) bond motifs is 1. The van der Waals surface area contributed by atoms with E-state index in [-0.39, 0.29) is 21.8 Å². The minimum absolute atomic E-state index is 0.0967. The Morgan fingerprint density at radius 1 is 1.11 bits per heavy atom. The number of hydrogen-bond acceptors (Lipinski definition) is 4. The smallest absolute Gasteiger partial charge is 0.419 e. The van der Waals surface area contributed by atoms with E-state index in [1.807, 2.05) is 25.2 Å². The summed E-state index contributed by atoms with van der Waals surface area (Å²) in [4.78, 5) is 11.0. The maximum absolute atomic E-state index is 13.9. The predicted octanol–water partition coefficient (Wildman–Crippen LogP) is 5.38. The van der Waals surface area contributed by atoms with Gasteiger partial charge in [0.15, 0.2) is 0 Å². The van der Waals surface area contributed by atoms with Crippen LogP contribution in [0.3, 0.4) is 0 Å². The van der Waals surface area contributed by atoms with E-state index in [9.17, 15) is 30.8 Å². The van der Waals surface area contributed by atoms with E-state index in [0.717, 1.165) is 40.2 Å². The van der Waals surface area contributed by atoms with Crippen molar-refractivity contribution in [1.29, 1.82) is 0 Å². The lowest BCUT2D eigenvalue weighted by molar-refractivity contribution is -0.140. The van der Waals surface area contributed by atoms with Crippen LogP contribution in [0.25, 0.3) is 0 Å². The van der Waals surface area contributed by atoms with Crippen LogP contribution in [0.1, 0.15) is 35.3 Å². The molecule has 0 saturated carbocycles. The van der Waals surface area contributed by atoms with Gasteiger partial charge in [0.05, 0.1) is 28.1 Å². The van der Waals surface area contributed by atoms with Gasteiger partial charge in [0.1, 0.15) is 11.6 Å². The molecular formula is C26H22F4N2O4S. The molecule has 1 atom stereocenters. The number of carbonyl (C=O) groups is 1. The fraction of sp³-hybridized carbons (Fsp3) is 0.192. The molecule has 0 fully saturated rings. The number of nitrogens with one attached hydrogen (secondary N) is 1. The summed E-state index contributed by atoms with van der Waals surface area (Å²) in [6, 6.07) is 6.79. The molecule has 0 aromatic heterocycles. The van der Waals surface area contributed by atoms with Crippen molar-refractivity contribution in [2.75, 3.05) is 0 Å². The second kappa shape index (κ2) is 9.22. The zero-order chi connectivity index (χ0) is 27.2. The van der Waals surface area contributed by atoms with Gasteiger partial charge in [0.2, 0.25) is 0 Å². The monoisotopic (exact) mass is 534 g/mol. The lowest BCUT2D eigenvalue weighted by Crippen LogP contribution is -2.50. The molecule has 0 saturated heterocycles. The van der Waals surface area contributed by atoms with E-state index in [0.29, 0.717) is 17.7 Å². The van der Waals surface area contributed by atoms with Gasteiger partial charge in [-0.05, 0) is 73.0 Å². The molecule has 11 heteroatoms. The quantitative estimate of drug-likeness (QED) is 0.486. The summed E-state index contributed by atoms with van der Waals surface area (Å²) in [5, 5.41) is 12.3. The first-order chi connectivity index (χ1) is 17.2. The molecule has 37 heavy (non-hydrogen) atoms. The Bertz CT molecular complexity index is 1490. The number of carboxylic acids is 1. The number of nitrogens with zero attached hydrogens (tertiary/aromatic N) is 1. The maximum Gasteiger partial charge on any atom is 0.419 e. The van der Waals surface area contributed by atoms with Crippen molar-refractivity contribution in [1.82, 2.24) is 9.62 Å². The molecule has 1 unspecified atom stereocenters. The highest BCUT2D eigenvalue weighted by Crippen LogP contribution is 2.36. The van der Waals surface area contributed by atoms with Gasteiger partial charge < -0.3 is 10.4 Å². The number of rotatable bonds is 6. The first kappa shape index (κ1) is 26.2. The Morgan fingerprint density at radius 2 is 1.78 bits per heavy atom. The Labute approximate surface area is 211 Å². The standard InChI is InChI=1S/C26H22F4N2O4S/c1-16-13-19-5-3-4-12-25(19,2)31-23(16)32(15-17-6-11-22(27)21(14-17)26(28,29)30)37(35,36)20-9-7-18(8-10-20)24(33)34/h3-14,31H,15H2,1-2H3,(H,33,34). The number of dihydropyridines is 1. The molecule has 2 N–H and O–H groups in total. The Morgan fingerprint density at radius 3 is 2.41 bits per heavy atom. The lowest BCUT2D eigenvalue weighted by Gasteiger charge is -2.40. The van der Waals surface area contributed by atoms with Crippen molar-refractivity contribution >= 4 is 16.0 Å². The van der Waals surface area contributed by atoms with Crippen LogP contribution >= 0.6 is 0 Å². The number of carboxylic acid groups (broad SMARTS) is 1. The second-order valence-electron chi connectivity index (χ2n) is 8.83. The fourth-order valence-corrected chi connectivity index (χ4v) is 5.61. The molecule has 1 aliphatic heterocycles. The highest BCUT2D eigenvalue weighted by Gasteiger charge is 2.38. The van der Waals surface area contributed by atoms with Gasteiger partial charge in [-0.25, -0.2) is 21.9 Å². The van der Waals surface area contributed by atoms with Crippen molar-refractivity contribution in [2.45, 2.75) is 37.0 Å². The predicted molar refractivity (Wildman–Crippen MR) is 128 cm³/mol. The number of sulfonamides is 1. The summed E-state index contributed by atoms with van der Waals surface area (Å²) in [6.07, 6.45) is 4.07. The molecule has 2 aromatic carbocycles. The second-order valence-corrected chi connectivity index (χ2v) is 10.7. The molecular weight excluding hydrogens is 512 g/mol. The number of hydrogen-bond donors (Lipinski definition) is 2. The van der Waals surface area contributed by atoms with E-state index in [4.69, 9.17) is 5.11 Å². The minimum Gasteiger partial charge on any atom is -0.478 e. The normalized spacial score (nSPS) is 19.2. The third-order valence-corrected chi connectivity index (χ3v) is 7.90. The molecule has 1 aliphatic carbocycles. The van der Waals surface area contributed by atoms with Gasteiger partial charge in [0, 0.05) is 0 Å². The van der Waals surface area contributed by atoms with Crippen molar-refractivity contribution < 1.29 is 35.9 Å². The fourth-order valence-electron chi connectivity index (χ4n) is 4.13. The highest BCUT2D eigenvalue weighted by atomic mass is 32.2. The van der Waals surface area contributed by atoms with Crippen molar-refractivity contribution in [2.24, 2.45) is 0 Å². The van der Waals surface area contributed by atoms with Gasteiger partial charge in [0.25, 0.3) is 10.0 Å². The zero-order valence-electron chi connectivity index (χ0n) is 19.7. The van der Waals surface area contributed by atoms with Crippen LogP contribution in [-0.2, 0) is 22.7 Å². The molecule has 2 aliphatic rings. The van der Waals surface area contributed by atoms with Crippen molar-refractivity contribution in [3.63, 3.8) is 0 Å². The summed E-state index contributed by atoms with van der Waals surface area (Å²) in [7, 11) is -4.42. The summed E-state index contributed by atoms with van der Waals surface area (Å²) < 4.78 is 82.6. The molecule has 0 radical (unpaired) electrons. The largest absolute Gasteiger partial charge is 0.478 e. The van der Waals surface area contributed by atoms with Gasteiger partial charge in [-0.2, -0.15) is 13.2 Å². The van der Waals surface area contributed by atoms with Crippen LogP contribution in [0.4, 0.5) is 17.6 Å². The number of alkyl halides is 3. The molecule has 0 amide bonds. The minimum atomic E-state index is -4.97.